The molecule has 0 bridgehead atoms. The van der Waals surface area contributed by atoms with E-state index in [0.717, 1.165) is 25.0 Å². The van der Waals surface area contributed by atoms with Crippen molar-refractivity contribution >= 4 is 11.7 Å². The fraction of sp³-hybridized carbons (Fsp3) is 0.588. The molecule has 0 spiro atoms. The van der Waals surface area contributed by atoms with Crippen LogP contribution < -0.4 is 5.56 Å². The fourth-order valence-corrected chi connectivity index (χ4v) is 3.00. The number of carbonyl (C=O) groups is 1. The maximum absolute atomic E-state index is 12.5. The van der Waals surface area contributed by atoms with Gasteiger partial charge in [0.1, 0.15) is 11.2 Å². The predicted molar refractivity (Wildman–Crippen MR) is 90.1 cm³/mol. The first kappa shape index (κ1) is 16.5. The molecule has 0 unspecified atom stereocenters. The van der Waals surface area contributed by atoms with Gasteiger partial charge < -0.3 is 9.72 Å². The zero-order valence-corrected chi connectivity index (χ0v) is 14.6. The number of hydrogen-bond donors (Lipinski definition) is 1. The first-order chi connectivity index (χ1) is 11.2. The van der Waals surface area contributed by atoms with Crippen LogP contribution in [0.25, 0.3) is 5.65 Å². The Balaban J connectivity index is 1.93. The Kier molecular flexibility index (Phi) is 4.11. The second kappa shape index (κ2) is 5.96. The Morgan fingerprint density at radius 1 is 1.38 bits per heavy atom. The van der Waals surface area contributed by atoms with Gasteiger partial charge >= 0.3 is 6.09 Å². The highest BCUT2D eigenvalue weighted by Crippen LogP contribution is 2.31. The summed E-state index contributed by atoms with van der Waals surface area (Å²) in [6.45, 7) is 7.99. The lowest BCUT2D eigenvalue weighted by atomic mass is 10.00. The van der Waals surface area contributed by atoms with Crippen molar-refractivity contribution < 1.29 is 9.53 Å². The molecule has 2 aromatic heterocycles. The molecule has 1 aliphatic rings. The van der Waals surface area contributed by atoms with Crippen LogP contribution in [0.5, 0.6) is 0 Å². The fourth-order valence-electron chi connectivity index (χ4n) is 3.00. The van der Waals surface area contributed by atoms with E-state index in [4.69, 9.17) is 4.74 Å². The Morgan fingerprint density at radius 3 is 2.83 bits per heavy atom. The molecule has 7 heteroatoms. The van der Waals surface area contributed by atoms with E-state index in [1.54, 1.807) is 22.5 Å². The lowest BCUT2D eigenvalue weighted by molar-refractivity contribution is 0.00898. The van der Waals surface area contributed by atoms with Crippen LogP contribution in [0.15, 0.2) is 17.1 Å². The molecule has 1 fully saturated rings. The quantitative estimate of drug-likeness (QED) is 0.871. The van der Waals surface area contributed by atoms with Gasteiger partial charge in [-0.1, -0.05) is 0 Å². The van der Waals surface area contributed by atoms with Crippen molar-refractivity contribution in [2.24, 2.45) is 0 Å². The van der Waals surface area contributed by atoms with Crippen molar-refractivity contribution in [2.75, 3.05) is 6.54 Å². The Morgan fingerprint density at radius 2 is 2.12 bits per heavy atom. The Labute approximate surface area is 140 Å². The van der Waals surface area contributed by atoms with Gasteiger partial charge in [-0.15, -0.1) is 0 Å². The van der Waals surface area contributed by atoms with E-state index in [2.05, 4.69) is 10.1 Å². The van der Waals surface area contributed by atoms with Crippen molar-refractivity contribution in [3.63, 3.8) is 0 Å². The van der Waals surface area contributed by atoms with E-state index in [1.165, 1.54) is 0 Å². The maximum atomic E-state index is 12.5. The van der Waals surface area contributed by atoms with Crippen LogP contribution in [0.2, 0.25) is 0 Å². The number of ether oxygens (including phenoxy) is 1. The smallest absolute Gasteiger partial charge is 0.410 e. The maximum Gasteiger partial charge on any atom is 0.410 e. The number of rotatable bonds is 1. The van der Waals surface area contributed by atoms with Gasteiger partial charge in [0.25, 0.3) is 5.56 Å². The number of aryl methyl sites for hydroxylation is 1. The molecular formula is C17H24N4O3. The van der Waals surface area contributed by atoms with Gasteiger partial charge in [-0.3, -0.25) is 9.69 Å². The van der Waals surface area contributed by atoms with Gasteiger partial charge in [0.2, 0.25) is 0 Å². The molecule has 0 saturated carbocycles. The summed E-state index contributed by atoms with van der Waals surface area (Å²) in [6, 6.07) is 1.71. The standard InChI is InChI=1S/C17H24N4O3/c1-11-10-21-14(18-15(11)22)9-12(19-21)13-7-5-6-8-20(13)16(23)24-17(2,3)4/h9-10,13H,5-8H2,1-4H3,(H,18,22)/t13-/m0/s1. The van der Waals surface area contributed by atoms with E-state index in [0.29, 0.717) is 17.8 Å². The van der Waals surface area contributed by atoms with Crippen LogP contribution in [-0.4, -0.2) is 37.7 Å². The molecule has 1 N–H and O–H groups in total. The van der Waals surface area contributed by atoms with Crippen LogP contribution in [0.4, 0.5) is 4.79 Å². The van der Waals surface area contributed by atoms with E-state index >= 15 is 0 Å². The third kappa shape index (κ3) is 3.29. The van der Waals surface area contributed by atoms with Crippen LogP contribution >= 0.6 is 0 Å². The van der Waals surface area contributed by atoms with E-state index in [1.807, 2.05) is 26.8 Å². The molecule has 1 amide bonds. The van der Waals surface area contributed by atoms with Crippen molar-refractivity contribution in [3.8, 4) is 0 Å². The zero-order chi connectivity index (χ0) is 17.5. The third-order valence-electron chi connectivity index (χ3n) is 4.14. The summed E-state index contributed by atoms with van der Waals surface area (Å²) >= 11 is 0. The molecule has 1 aliphatic heterocycles. The Bertz CT molecular complexity index is 815. The first-order valence-electron chi connectivity index (χ1n) is 8.33. The number of hydrogen-bond acceptors (Lipinski definition) is 4. The third-order valence-corrected chi connectivity index (χ3v) is 4.14. The van der Waals surface area contributed by atoms with E-state index in [9.17, 15) is 9.59 Å². The number of H-pyrrole nitrogens is 1. The number of nitrogens with one attached hydrogen (secondary N) is 1. The van der Waals surface area contributed by atoms with Gasteiger partial charge in [0.05, 0.1) is 11.7 Å². The van der Waals surface area contributed by atoms with Gasteiger partial charge in [-0.05, 0) is 47.0 Å². The highest BCUT2D eigenvalue weighted by Gasteiger charge is 2.33. The summed E-state index contributed by atoms with van der Waals surface area (Å²) in [5, 5.41) is 4.56. The molecule has 2 aromatic rings. The second-order valence-corrected chi connectivity index (χ2v) is 7.35. The molecule has 1 atom stereocenters. The monoisotopic (exact) mass is 332 g/mol. The van der Waals surface area contributed by atoms with Crippen molar-refractivity contribution in [1.82, 2.24) is 19.5 Å². The SMILES string of the molecule is Cc1cn2nc([C@@H]3CCCCN3C(=O)OC(C)(C)C)cc2[nH]c1=O. The van der Waals surface area contributed by atoms with Crippen LogP contribution in [0.3, 0.4) is 0 Å². The molecule has 0 aromatic carbocycles. The molecule has 24 heavy (non-hydrogen) atoms. The molecule has 7 nitrogen and oxygen atoms in total. The average molecular weight is 332 g/mol. The number of piperidine rings is 1. The molecule has 1 saturated heterocycles. The molecule has 3 heterocycles. The number of carbonyl (C=O) groups excluding carboxylic acids is 1. The summed E-state index contributed by atoms with van der Waals surface area (Å²) in [6.07, 6.45) is 4.23. The minimum absolute atomic E-state index is 0.124. The van der Waals surface area contributed by atoms with Gasteiger partial charge in [-0.2, -0.15) is 5.10 Å². The summed E-state index contributed by atoms with van der Waals surface area (Å²) in [4.78, 5) is 28.9. The summed E-state index contributed by atoms with van der Waals surface area (Å²) in [5.74, 6) is 0. The molecular weight excluding hydrogens is 308 g/mol. The van der Waals surface area contributed by atoms with Gasteiger partial charge in [0, 0.05) is 24.4 Å². The Hall–Kier alpha value is -2.31. The molecule has 0 aliphatic carbocycles. The number of fused-ring (bicyclic) bond motifs is 1. The summed E-state index contributed by atoms with van der Waals surface area (Å²) in [5.41, 5.74) is 1.36. The normalized spacial score (nSPS) is 18.8. The van der Waals surface area contributed by atoms with Crippen LogP contribution in [-0.2, 0) is 4.74 Å². The lowest BCUT2D eigenvalue weighted by Crippen LogP contribution is -2.42. The number of aromatic amines is 1. The highest BCUT2D eigenvalue weighted by molar-refractivity contribution is 5.69. The van der Waals surface area contributed by atoms with Crippen LogP contribution in [0.1, 0.15) is 57.3 Å². The van der Waals surface area contributed by atoms with E-state index in [-0.39, 0.29) is 17.7 Å². The number of nitrogens with zero attached hydrogens (tertiary/aromatic N) is 3. The molecule has 0 radical (unpaired) electrons. The average Bonchev–Trinajstić information content (AvgIpc) is 2.88. The molecule has 130 valence electrons. The largest absolute Gasteiger partial charge is 0.444 e. The molecule has 3 rings (SSSR count). The van der Waals surface area contributed by atoms with E-state index < -0.39 is 5.60 Å². The summed E-state index contributed by atoms with van der Waals surface area (Å²) in [7, 11) is 0. The topological polar surface area (TPSA) is 79.7 Å². The highest BCUT2D eigenvalue weighted by atomic mass is 16.6. The second-order valence-electron chi connectivity index (χ2n) is 7.35. The zero-order valence-electron chi connectivity index (χ0n) is 14.6. The van der Waals surface area contributed by atoms with Gasteiger partial charge in [0.15, 0.2) is 0 Å². The van der Waals surface area contributed by atoms with Crippen LogP contribution in [0, 0.1) is 6.92 Å². The minimum atomic E-state index is -0.527. The van der Waals surface area contributed by atoms with Crippen molar-refractivity contribution in [2.45, 2.75) is 58.6 Å². The number of aromatic nitrogens is 3. The van der Waals surface area contributed by atoms with Crippen molar-refractivity contribution in [1.29, 1.82) is 0 Å². The lowest BCUT2D eigenvalue weighted by Gasteiger charge is -2.35. The predicted octanol–water partition coefficient (Wildman–Crippen LogP) is 2.79. The van der Waals surface area contributed by atoms with Crippen molar-refractivity contribution in [3.05, 3.63) is 33.9 Å². The first-order valence-corrected chi connectivity index (χ1v) is 8.33. The minimum Gasteiger partial charge on any atom is -0.444 e. The summed E-state index contributed by atoms with van der Waals surface area (Å²) < 4.78 is 7.20. The number of likely N-dealkylation sites (tertiary alicyclic amines) is 1. The number of amides is 1. The van der Waals surface area contributed by atoms with Gasteiger partial charge in [-0.25, -0.2) is 9.31 Å².